The zero-order chi connectivity index (χ0) is 24.2. The van der Waals surface area contributed by atoms with Gasteiger partial charge in [-0.1, -0.05) is 6.07 Å². The van der Waals surface area contributed by atoms with Gasteiger partial charge in [0, 0.05) is 57.4 Å². The van der Waals surface area contributed by atoms with E-state index in [-0.39, 0.29) is 18.9 Å². The first-order valence-corrected chi connectivity index (χ1v) is 11.6. The number of nitrogens with one attached hydrogen (secondary N) is 1. The minimum absolute atomic E-state index is 0.0841. The van der Waals surface area contributed by atoms with E-state index in [1.165, 1.54) is 7.11 Å². The molecular formula is C24H29N7O4. The van der Waals surface area contributed by atoms with Gasteiger partial charge >= 0.3 is 6.09 Å². The second-order valence-corrected chi connectivity index (χ2v) is 8.54. The second-order valence-electron chi connectivity index (χ2n) is 8.54. The maximum Gasteiger partial charge on any atom is 0.409 e. The summed E-state index contributed by atoms with van der Waals surface area (Å²) in [5.74, 6) is 2.14. The standard InChI is InChI=1S/C24H29N7O4/c1-17-11-19(28-23(27-17)31-8-6-26-15-31)20-14-30(24(32)33-2)10-9-29(20)7-5-25-13-18-3-4-21-22(12-18)35-16-34-21/h3-4,6,8,11-12,15,20,25H,5,7,9-10,13-14,16H2,1-2H3. The maximum atomic E-state index is 12.3. The first-order chi connectivity index (χ1) is 17.1. The third-order valence-corrected chi connectivity index (χ3v) is 6.20. The van der Waals surface area contributed by atoms with E-state index >= 15 is 0 Å². The number of hydrogen-bond acceptors (Lipinski definition) is 9. The molecule has 1 atom stereocenters. The van der Waals surface area contributed by atoms with Crippen LogP contribution in [0, 0.1) is 6.92 Å². The Morgan fingerprint density at radius 1 is 1.20 bits per heavy atom. The van der Waals surface area contributed by atoms with Gasteiger partial charge in [-0.25, -0.2) is 19.7 Å². The molecule has 0 saturated carbocycles. The van der Waals surface area contributed by atoms with Gasteiger partial charge in [-0.2, -0.15) is 0 Å². The minimum atomic E-state index is -0.323. The third kappa shape index (κ3) is 5.20. The highest BCUT2D eigenvalue weighted by Crippen LogP contribution is 2.32. The van der Waals surface area contributed by atoms with Crippen LogP contribution in [0.4, 0.5) is 4.79 Å². The topological polar surface area (TPSA) is 107 Å². The van der Waals surface area contributed by atoms with Gasteiger partial charge in [-0.3, -0.25) is 9.47 Å². The lowest BCUT2D eigenvalue weighted by Gasteiger charge is -2.40. The number of fused-ring (bicyclic) bond motifs is 1. The van der Waals surface area contributed by atoms with Crippen molar-refractivity contribution in [3.05, 3.63) is 59.9 Å². The number of hydrogen-bond donors (Lipinski definition) is 1. The number of carbonyl (C=O) groups excluding carboxylic acids is 1. The Balaban J connectivity index is 1.28. The number of carbonyl (C=O) groups is 1. The van der Waals surface area contributed by atoms with Gasteiger partial charge in [0.15, 0.2) is 11.5 Å². The molecule has 0 bridgehead atoms. The van der Waals surface area contributed by atoms with Crippen molar-refractivity contribution in [2.75, 3.05) is 46.6 Å². The van der Waals surface area contributed by atoms with Crippen LogP contribution in [0.25, 0.3) is 5.95 Å². The van der Waals surface area contributed by atoms with E-state index in [0.29, 0.717) is 19.0 Å². The predicted molar refractivity (Wildman–Crippen MR) is 126 cm³/mol. The fraction of sp³-hybridized carbons (Fsp3) is 0.417. The van der Waals surface area contributed by atoms with Gasteiger partial charge in [-0.05, 0) is 30.7 Å². The number of benzene rings is 1. The van der Waals surface area contributed by atoms with E-state index < -0.39 is 0 Å². The van der Waals surface area contributed by atoms with Gasteiger partial charge in [0.2, 0.25) is 12.7 Å². The lowest BCUT2D eigenvalue weighted by molar-refractivity contribution is 0.0584. The quantitative estimate of drug-likeness (QED) is 0.509. The fourth-order valence-electron chi connectivity index (χ4n) is 4.41. The number of aryl methyl sites for hydroxylation is 1. The van der Waals surface area contributed by atoms with Crippen molar-refractivity contribution < 1.29 is 19.0 Å². The molecule has 4 heterocycles. The van der Waals surface area contributed by atoms with Crippen molar-refractivity contribution in [3.8, 4) is 17.4 Å². The monoisotopic (exact) mass is 479 g/mol. The number of methoxy groups -OCH3 is 1. The normalized spacial score (nSPS) is 17.5. The molecule has 0 spiro atoms. The third-order valence-electron chi connectivity index (χ3n) is 6.20. The van der Waals surface area contributed by atoms with E-state index in [1.54, 1.807) is 22.0 Å². The van der Waals surface area contributed by atoms with Crippen LogP contribution in [0.15, 0.2) is 43.0 Å². The molecule has 2 aliphatic heterocycles. The molecule has 1 saturated heterocycles. The molecule has 35 heavy (non-hydrogen) atoms. The first-order valence-electron chi connectivity index (χ1n) is 11.6. The minimum Gasteiger partial charge on any atom is -0.454 e. The highest BCUT2D eigenvalue weighted by Gasteiger charge is 2.32. The lowest BCUT2D eigenvalue weighted by Crippen LogP contribution is -2.52. The molecule has 1 amide bonds. The number of ether oxygens (including phenoxy) is 3. The lowest BCUT2D eigenvalue weighted by atomic mass is 10.1. The fourth-order valence-corrected chi connectivity index (χ4v) is 4.41. The maximum absolute atomic E-state index is 12.3. The number of imidazole rings is 1. The van der Waals surface area contributed by atoms with E-state index in [9.17, 15) is 4.79 Å². The van der Waals surface area contributed by atoms with Gasteiger partial charge in [0.1, 0.15) is 6.33 Å². The molecule has 3 aromatic rings. The van der Waals surface area contributed by atoms with Crippen LogP contribution in [0.3, 0.4) is 0 Å². The molecular weight excluding hydrogens is 450 g/mol. The van der Waals surface area contributed by atoms with Crippen LogP contribution in [0.1, 0.15) is 23.0 Å². The Hall–Kier alpha value is -3.70. The number of piperazine rings is 1. The van der Waals surface area contributed by atoms with Gasteiger partial charge in [0.25, 0.3) is 0 Å². The van der Waals surface area contributed by atoms with E-state index in [2.05, 4.69) is 20.2 Å². The van der Waals surface area contributed by atoms with Crippen molar-refractivity contribution in [3.63, 3.8) is 0 Å². The van der Waals surface area contributed by atoms with E-state index in [1.807, 2.05) is 37.4 Å². The first kappa shape index (κ1) is 23.1. The van der Waals surface area contributed by atoms with Crippen LogP contribution in [0.2, 0.25) is 0 Å². The smallest absolute Gasteiger partial charge is 0.409 e. The molecule has 2 aromatic heterocycles. The Bertz CT molecular complexity index is 1170. The molecule has 0 aliphatic carbocycles. The molecule has 1 aromatic carbocycles. The van der Waals surface area contributed by atoms with E-state index in [4.69, 9.17) is 19.2 Å². The Morgan fingerprint density at radius 3 is 2.91 bits per heavy atom. The van der Waals surface area contributed by atoms with Gasteiger partial charge in [0.05, 0.1) is 18.8 Å². The Labute approximate surface area is 203 Å². The predicted octanol–water partition coefficient (Wildman–Crippen LogP) is 1.91. The van der Waals surface area contributed by atoms with Crippen molar-refractivity contribution in [2.45, 2.75) is 19.5 Å². The number of nitrogens with zero attached hydrogens (tertiary/aromatic N) is 6. The van der Waals surface area contributed by atoms with Crippen LogP contribution >= 0.6 is 0 Å². The summed E-state index contributed by atoms with van der Waals surface area (Å²) in [6.07, 6.45) is 4.87. The summed E-state index contributed by atoms with van der Waals surface area (Å²) in [5, 5.41) is 3.51. The van der Waals surface area contributed by atoms with Crippen molar-refractivity contribution in [1.29, 1.82) is 0 Å². The average molecular weight is 480 g/mol. The highest BCUT2D eigenvalue weighted by molar-refractivity contribution is 5.67. The molecule has 2 aliphatic rings. The largest absolute Gasteiger partial charge is 0.454 e. The van der Waals surface area contributed by atoms with Crippen LogP contribution in [0.5, 0.6) is 11.5 Å². The van der Waals surface area contributed by atoms with Crippen molar-refractivity contribution in [2.24, 2.45) is 0 Å². The van der Waals surface area contributed by atoms with Crippen LogP contribution in [-0.4, -0.2) is 82.0 Å². The molecule has 0 radical (unpaired) electrons. The summed E-state index contributed by atoms with van der Waals surface area (Å²) in [5.41, 5.74) is 2.86. The molecule has 184 valence electrons. The van der Waals surface area contributed by atoms with E-state index in [0.717, 1.165) is 54.6 Å². The highest BCUT2D eigenvalue weighted by atomic mass is 16.7. The Kier molecular flexibility index (Phi) is 6.77. The zero-order valence-corrected chi connectivity index (χ0v) is 19.9. The van der Waals surface area contributed by atoms with Crippen molar-refractivity contribution in [1.82, 2.24) is 34.6 Å². The van der Waals surface area contributed by atoms with Gasteiger partial charge < -0.3 is 24.4 Å². The molecule has 1 N–H and O–H groups in total. The molecule has 1 unspecified atom stereocenters. The average Bonchev–Trinajstić information content (AvgIpc) is 3.58. The second kappa shape index (κ2) is 10.3. The summed E-state index contributed by atoms with van der Waals surface area (Å²) in [6, 6.07) is 7.89. The number of amides is 1. The van der Waals surface area contributed by atoms with Crippen molar-refractivity contribution >= 4 is 6.09 Å². The van der Waals surface area contributed by atoms with Crippen LogP contribution < -0.4 is 14.8 Å². The van der Waals surface area contributed by atoms with Crippen LogP contribution in [-0.2, 0) is 11.3 Å². The summed E-state index contributed by atoms with van der Waals surface area (Å²) in [6.45, 7) is 6.34. The number of rotatable bonds is 7. The summed E-state index contributed by atoms with van der Waals surface area (Å²) in [4.78, 5) is 29.8. The molecule has 5 rings (SSSR count). The summed E-state index contributed by atoms with van der Waals surface area (Å²) >= 11 is 0. The molecule has 1 fully saturated rings. The number of aromatic nitrogens is 4. The summed E-state index contributed by atoms with van der Waals surface area (Å²) in [7, 11) is 1.41. The molecule has 11 heteroatoms. The van der Waals surface area contributed by atoms with Gasteiger partial charge in [-0.15, -0.1) is 0 Å². The summed E-state index contributed by atoms with van der Waals surface area (Å²) < 4.78 is 17.6. The Morgan fingerprint density at radius 2 is 2.09 bits per heavy atom. The zero-order valence-electron chi connectivity index (χ0n) is 19.9. The SMILES string of the molecule is COC(=O)N1CCN(CCNCc2ccc3c(c2)OCO3)C(c2cc(C)nc(-n3ccnc3)n2)C1. The molecule has 11 nitrogen and oxygen atoms in total.